The summed E-state index contributed by atoms with van der Waals surface area (Å²) in [5, 5.41) is 5.46. The minimum absolute atomic E-state index is 0.173. The number of amides is 4. The van der Waals surface area contributed by atoms with Crippen molar-refractivity contribution in [2.45, 2.75) is 13.8 Å². The van der Waals surface area contributed by atoms with Crippen molar-refractivity contribution < 1.29 is 19.1 Å². The Bertz CT molecular complexity index is 612. The first-order valence-corrected chi connectivity index (χ1v) is 7.85. The summed E-state index contributed by atoms with van der Waals surface area (Å²) in [6.07, 6.45) is -0.347. The lowest BCUT2D eigenvalue weighted by molar-refractivity contribution is -0.114. The molecule has 24 heavy (non-hydrogen) atoms. The molecule has 2 N–H and O–H groups in total. The molecule has 8 heteroatoms. The minimum Gasteiger partial charge on any atom is -0.450 e. The Morgan fingerprint density at radius 2 is 1.62 bits per heavy atom. The molecular weight excluding hydrogens is 312 g/mol. The van der Waals surface area contributed by atoms with Gasteiger partial charge in [0, 0.05) is 44.5 Å². The van der Waals surface area contributed by atoms with Crippen LogP contribution < -0.4 is 10.6 Å². The predicted molar refractivity (Wildman–Crippen MR) is 89.9 cm³/mol. The van der Waals surface area contributed by atoms with Crippen LogP contribution >= 0.6 is 0 Å². The molecule has 0 atom stereocenters. The number of benzene rings is 1. The molecule has 1 fully saturated rings. The van der Waals surface area contributed by atoms with Gasteiger partial charge in [-0.3, -0.25) is 4.79 Å². The highest BCUT2D eigenvalue weighted by atomic mass is 16.6. The van der Waals surface area contributed by atoms with Crippen molar-refractivity contribution in [3.63, 3.8) is 0 Å². The molecule has 0 unspecified atom stereocenters. The molecule has 4 amide bonds. The second-order valence-corrected chi connectivity index (χ2v) is 5.37. The van der Waals surface area contributed by atoms with E-state index in [0.717, 1.165) is 0 Å². The second-order valence-electron chi connectivity index (χ2n) is 5.37. The van der Waals surface area contributed by atoms with Gasteiger partial charge in [-0.2, -0.15) is 0 Å². The van der Waals surface area contributed by atoms with E-state index in [4.69, 9.17) is 4.74 Å². The number of nitrogens with one attached hydrogen (secondary N) is 2. The lowest BCUT2D eigenvalue weighted by Gasteiger charge is -2.34. The van der Waals surface area contributed by atoms with Crippen LogP contribution in [-0.4, -0.2) is 60.6 Å². The van der Waals surface area contributed by atoms with Gasteiger partial charge >= 0.3 is 12.1 Å². The summed E-state index contributed by atoms with van der Waals surface area (Å²) in [5.74, 6) is -0.173. The van der Waals surface area contributed by atoms with Gasteiger partial charge in [0.15, 0.2) is 0 Å². The molecule has 0 saturated carbocycles. The fourth-order valence-electron chi connectivity index (χ4n) is 2.39. The van der Waals surface area contributed by atoms with Crippen LogP contribution in [0.3, 0.4) is 0 Å². The van der Waals surface area contributed by atoms with Gasteiger partial charge in [0.2, 0.25) is 5.91 Å². The van der Waals surface area contributed by atoms with Crippen molar-refractivity contribution in [1.29, 1.82) is 0 Å². The lowest BCUT2D eigenvalue weighted by Crippen LogP contribution is -2.51. The standard InChI is InChI=1S/C16H22N4O4/c1-3-24-16(23)20-9-7-19(8-10-20)15(22)18-14-6-4-5-13(11-14)17-12(2)21/h4-6,11H,3,7-10H2,1-2H3,(H,17,21)(H,18,22). The Balaban J connectivity index is 1.87. The number of urea groups is 1. The monoisotopic (exact) mass is 334 g/mol. The fourth-order valence-corrected chi connectivity index (χ4v) is 2.39. The summed E-state index contributed by atoms with van der Waals surface area (Å²) in [6, 6.07) is 6.69. The van der Waals surface area contributed by atoms with Crippen molar-refractivity contribution in [2.24, 2.45) is 0 Å². The molecule has 1 aliphatic heterocycles. The first-order chi connectivity index (χ1) is 11.5. The quantitative estimate of drug-likeness (QED) is 0.884. The molecule has 0 bridgehead atoms. The maximum Gasteiger partial charge on any atom is 0.409 e. The van der Waals surface area contributed by atoms with Crippen LogP contribution in [0.4, 0.5) is 21.0 Å². The zero-order valence-corrected chi connectivity index (χ0v) is 13.9. The van der Waals surface area contributed by atoms with Gasteiger partial charge in [-0.05, 0) is 25.1 Å². The Morgan fingerprint density at radius 3 is 2.21 bits per heavy atom. The van der Waals surface area contributed by atoms with Crippen molar-refractivity contribution >= 4 is 29.4 Å². The summed E-state index contributed by atoms with van der Waals surface area (Å²) in [4.78, 5) is 38.2. The third kappa shape index (κ3) is 4.87. The van der Waals surface area contributed by atoms with E-state index in [1.165, 1.54) is 6.92 Å². The van der Waals surface area contributed by atoms with Crippen LogP contribution in [0.25, 0.3) is 0 Å². The number of nitrogens with zero attached hydrogens (tertiary/aromatic N) is 2. The molecular formula is C16H22N4O4. The lowest BCUT2D eigenvalue weighted by atomic mass is 10.2. The molecule has 0 radical (unpaired) electrons. The molecule has 1 heterocycles. The predicted octanol–water partition coefficient (Wildman–Crippen LogP) is 1.95. The fraction of sp³-hybridized carbons (Fsp3) is 0.438. The van der Waals surface area contributed by atoms with Crippen molar-refractivity contribution in [3.8, 4) is 0 Å². The SMILES string of the molecule is CCOC(=O)N1CCN(C(=O)Nc2cccc(NC(C)=O)c2)CC1. The topological polar surface area (TPSA) is 91.0 Å². The number of ether oxygens (including phenoxy) is 1. The highest BCUT2D eigenvalue weighted by Crippen LogP contribution is 2.16. The summed E-state index contributed by atoms with van der Waals surface area (Å²) in [6.45, 7) is 5.29. The molecule has 0 aromatic heterocycles. The Kier molecular flexibility index (Phi) is 6.00. The molecule has 0 aliphatic carbocycles. The van der Waals surface area contributed by atoms with E-state index in [0.29, 0.717) is 44.2 Å². The average molecular weight is 334 g/mol. The number of piperazine rings is 1. The maximum atomic E-state index is 12.3. The van der Waals surface area contributed by atoms with Gasteiger partial charge in [-0.15, -0.1) is 0 Å². The smallest absolute Gasteiger partial charge is 0.409 e. The highest BCUT2D eigenvalue weighted by Gasteiger charge is 2.24. The summed E-state index contributed by atoms with van der Waals surface area (Å²) in [7, 11) is 0. The molecule has 1 aromatic rings. The minimum atomic E-state index is -0.347. The number of carbonyl (C=O) groups excluding carboxylic acids is 3. The first kappa shape index (κ1) is 17.6. The van der Waals surface area contributed by atoms with E-state index >= 15 is 0 Å². The summed E-state index contributed by atoms with van der Waals surface area (Å²) < 4.78 is 4.95. The van der Waals surface area contributed by atoms with Gasteiger partial charge in [0.1, 0.15) is 0 Å². The first-order valence-electron chi connectivity index (χ1n) is 7.85. The zero-order chi connectivity index (χ0) is 17.5. The van der Waals surface area contributed by atoms with E-state index in [2.05, 4.69) is 10.6 Å². The normalized spacial score (nSPS) is 14.1. The Morgan fingerprint density at radius 1 is 1.04 bits per heavy atom. The molecule has 130 valence electrons. The number of rotatable bonds is 3. The van der Waals surface area contributed by atoms with Gasteiger partial charge in [-0.25, -0.2) is 9.59 Å². The molecule has 1 aliphatic rings. The highest BCUT2D eigenvalue weighted by molar-refractivity contribution is 5.92. The third-order valence-electron chi connectivity index (χ3n) is 3.53. The van der Waals surface area contributed by atoms with Gasteiger partial charge in [0.05, 0.1) is 6.61 Å². The van der Waals surface area contributed by atoms with Crippen molar-refractivity contribution in [2.75, 3.05) is 43.4 Å². The molecule has 1 saturated heterocycles. The summed E-state index contributed by atoms with van der Waals surface area (Å²) in [5.41, 5.74) is 1.21. The average Bonchev–Trinajstić information content (AvgIpc) is 2.55. The Hall–Kier alpha value is -2.77. The van der Waals surface area contributed by atoms with Crippen LogP contribution in [0.5, 0.6) is 0 Å². The van der Waals surface area contributed by atoms with Crippen LogP contribution in [-0.2, 0) is 9.53 Å². The van der Waals surface area contributed by atoms with Crippen LogP contribution in [0.1, 0.15) is 13.8 Å². The largest absolute Gasteiger partial charge is 0.450 e. The number of hydrogen-bond acceptors (Lipinski definition) is 4. The van der Waals surface area contributed by atoms with E-state index in [-0.39, 0.29) is 18.0 Å². The van der Waals surface area contributed by atoms with Gasteiger partial charge in [0.25, 0.3) is 0 Å². The molecule has 1 aromatic carbocycles. The second kappa shape index (κ2) is 8.19. The van der Waals surface area contributed by atoms with Crippen molar-refractivity contribution in [1.82, 2.24) is 9.80 Å². The zero-order valence-electron chi connectivity index (χ0n) is 13.9. The number of carbonyl (C=O) groups is 3. The van der Waals surface area contributed by atoms with Gasteiger partial charge < -0.3 is 25.2 Å². The van der Waals surface area contributed by atoms with E-state index in [1.807, 2.05) is 0 Å². The van der Waals surface area contributed by atoms with Crippen LogP contribution in [0.2, 0.25) is 0 Å². The van der Waals surface area contributed by atoms with E-state index in [1.54, 1.807) is 41.0 Å². The molecule has 8 nitrogen and oxygen atoms in total. The van der Waals surface area contributed by atoms with Gasteiger partial charge in [-0.1, -0.05) is 6.07 Å². The van der Waals surface area contributed by atoms with Crippen LogP contribution in [0, 0.1) is 0 Å². The third-order valence-corrected chi connectivity index (χ3v) is 3.53. The maximum absolute atomic E-state index is 12.3. The van der Waals surface area contributed by atoms with Crippen molar-refractivity contribution in [3.05, 3.63) is 24.3 Å². The number of anilines is 2. The summed E-state index contributed by atoms with van der Waals surface area (Å²) >= 11 is 0. The number of hydrogen-bond donors (Lipinski definition) is 2. The molecule has 0 spiro atoms. The molecule has 2 rings (SSSR count). The Labute approximate surface area is 140 Å². The van der Waals surface area contributed by atoms with E-state index < -0.39 is 0 Å². The van der Waals surface area contributed by atoms with E-state index in [9.17, 15) is 14.4 Å². The van der Waals surface area contributed by atoms with Crippen LogP contribution in [0.15, 0.2) is 24.3 Å².